The van der Waals surface area contributed by atoms with Gasteiger partial charge in [0, 0.05) is 34.6 Å². The highest BCUT2D eigenvalue weighted by atomic mass is 35.5. The minimum Gasteiger partial charge on any atom is -0.384 e. The lowest BCUT2D eigenvalue weighted by molar-refractivity contribution is 0.215. The van der Waals surface area contributed by atoms with Crippen molar-refractivity contribution in [1.82, 2.24) is 9.97 Å². The number of hydrogen-bond acceptors (Lipinski definition) is 6. The molecular weight excluding hydrogens is 461 g/mol. The van der Waals surface area contributed by atoms with Gasteiger partial charge in [-0.3, -0.25) is 9.71 Å². The van der Waals surface area contributed by atoms with Crippen LogP contribution in [0.5, 0.6) is 0 Å². The zero-order valence-corrected chi connectivity index (χ0v) is 18.1. The Labute approximate surface area is 187 Å². The van der Waals surface area contributed by atoms with Crippen LogP contribution in [0.15, 0.2) is 77.4 Å². The van der Waals surface area contributed by atoms with E-state index < -0.39 is 21.9 Å². The summed E-state index contributed by atoms with van der Waals surface area (Å²) >= 11 is 7.23. The van der Waals surface area contributed by atoms with E-state index in [1.165, 1.54) is 18.3 Å². The van der Waals surface area contributed by atoms with E-state index in [1.807, 2.05) is 0 Å². The molecule has 0 saturated heterocycles. The second kappa shape index (κ2) is 8.72. The molecule has 0 bridgehead atoms. The summed E-state index contributed by atoms with van der Waals surface area (Å²) in [6, 6.07) is 11.7. The highest BCUT2D eigenvalue weighted by molar-refractivity contribution is 7.93. The maximum atomic E-state index is 14.9. The predicted molar refractivity (Wildman–Crippen MR) is 118 cm³/mol. The monoisotopic (exact) mass is 475 g/mol. The lowest BCUT2D eigenvalue weighted by atomic mass is 9.93. The van der Waals surface area contributed by atoms with Crippen LogP contribution in [0.1, 0.15) is 17.2 Å². The quantitative estimate of drug-likeness (QED) is 0.414. The van der Waals surface area contributed by atoms with Crippen LogP contribution < -0.4 is 4.72 Å². The first-order chi connectivity index (χ1) is 14.8. The van der Waals surface area contributed by atoms with Crippen molar-refractivity contribution >= 4 is 38.1 Å². The summed E-state index contributed by atoms with van der Waals surface area (Å²) in [5.74, 6) is -0.856. The average Bonchev–Trinajstić information content (AvgIpc) is 3.26. The van der Waals surface area contributed by atoms with E-state index in [2.05, 4.69) is 14.7 Å². The van der Waals surface area contributed by atoms with Gasteiger partial charge in [-0.1, -0.05) is 23.7 Å². The summed E-state index contributed by atoms with van der Waals surface area (Å²) in [6.45, 7) is 0. The van der Waals surface area contributed by atoms with Crippen molar-refractivity contribution in [2.75, 3.05) is 4.72 Å². The van der Waals surface area contributed by atoms with Crippen LogP contribution in [0.4, 0.5) is 9.52 Å². The lowest BCUT2D eigenvalue weighted by Crippen LogP contribution is -2.14. The van der Waals surface area contributed by atoms with Crippen molar-refractivity contribution in [2.45, 2.75) is 11.0 Å². The standard InChI is InChI=1S/C21H15ClFN3O3S2/c22-14-1-3-16(18(11-14)13-5-7-24-8-6-13)20(27)17-4-2-15(12-19(17)23)31(28,29)26-21-25-9-10-30-21/h1-12,20,27H,(H,25,26). The number of aromatic nitrogens is 2. The van der Waals surface area contributed by atoms with Gasteiger partial charge in [-0.05, 0) is 53.1 Å². The third-order valence-corrected chi connectivity index (χ3v) is 6.92. The molecule has 10 heteroatoms. The molecule has 2 aromatic heterocycles. The van der Waals surface area contributed by atoms with Crippen LogP contribution in [-0.2, 0) is 10.0 Å². The van der Waals surface area contributed by atoms with Crippen molar-refractivity contribution in [3.05, 3.63) is 94.5 Å². The van der Waals surface area contributed by atoms with Gasteiger partial charge in [0.15, 0.2) is 5.13 Å². The first-order valence-electron chi connectivity index (χ1n) is 8.95. The van der Waals surface area contributed by atoms with Gasteiger partial charge in [0.25, 0.3) is 10.0 Å². The Kier molecular flexibility index (Phi) is 6.01. The number of aliphatic hydroxyl groups is 1. The van der Waals surface area contributed by atoms with Crippen LogP contribution in [0.25, 0.3) is 11.1 Å². The molecule has 1 atom stereocenters. The molecule has 6 nitrogen and oxygen atoms in total. The fourth-order valence-corrected chi connectivity index (χ4v) is 5.03. The molecular formula is C21H15ClFN3O3S2. The molecule has 0 spiro atoms. The van der Waals surface area contributed by atoms with E-state index in [9.17, 15) is 17.9 Å². The number of thiazole rings is 1. The third-order valence-electron chi connectivity index (χ3n) is 4.53. The minimum atomic E-state index is -4.02. The number of aliphatic hydroxyl groups excluding tert-OH is 1. The second-order valence-corrected chi connectivity index (χ2v) is 9.51. The highest BCUT2D eigenvalue weighted by Crippen LogP contribution is 2.35. The summed E-state index contributed by atoms with van der Waals surface area (Å²) in [5.41, 5.74) is 1.72. The third kappa shape index (κ3) is 4.59. The fourth-order valence-electron chi connectivity index (χ4n) is 3.06. The van der Waals surface area contributed by atoms with Crippen molar-refractivity contribution in [2.24, 2.45) is 0 Å². The molecule has 2 N–H and O–H groups in total. The number of sulfonamides is 1. The number of rotatable bonds is 6. The molecule has 0 amide bonds. The number of nitrogens with one attached hydrogen (secondary N) is 1. The van der Waals surface area contributed by atoms with E-state index in [0.29, 0.717) is 16.1 Å². The van der Waals surface area contributed by atoms with Gasteiger partial charge in [0.05, 0.1) is 4.90 Å². The van der Waals surface area contributed by atoms with Crippen LogP contribution in [0.3, 0.4) is 0 Å². The van der Waals surface area contributed by atoms with Gasteiger partial charge >= 0.3 is 0 Å². The molecule has 0 fully saturated rings. The molecule has 0 aliphatic carbocycles. The topological polar surface area (TPSA) is 92.2 Å². The van der Waals surface area contributed by atoms with Crippen LogP contribution in [-0.4, -0.2) is 23.5 Å². The zero-order chi connectivity index (χ0) is 22.0. The van der Waals surface area contributed by atoms with E-state index in [0.717, 1.165) is 23.0 Å². The minimum absolute atomic E-state index is 0.0640. The molecule has 0 aliphatic rings. The Bertz CT molecular complexity index is 1320. The molecule has 1 unspecified atom stereocenters. The van der Waals surface area contributed by atoms with Crippen molar-refractivity contribution in [3.8, 4) is 11.1 Å². The van der Waals surface area contributed by atoms with E-state index in [1.54, 1.807) is 48.1 Å². The zero-order valence-electron chi connectivity index (χ0n) is 15.7. The number of hydrogen-bond donors (Lipinski definition) is 2. The number of benzene rings is 2. The highest BCUT2D eigenvalue weighted by Gasteiger charge is 2.23. The number of halogens is 2. The van der Waals surface area contributed by atoms with Gasteiger partial charge in [0.2, 0.25) is 0 Å². The van der Waals surface area contributed by atoms with Crippen LogP contribution in [0, 0.1) is 5.82 Å². The Morgan fingerprint density at radius 2 is 1.77 bits per heavy atom. The van der Waals surface area contributed by atoms with Crippen LogP contribution >= 0.6 is 22.9 Å². The van der Waals surface area contributed by atoms with E-state index in [4.69, 9.17) is 11.6 Å². The molecule has 2 heterocycles. The predicted octanol–water partition coefficient (Wildman–Crippen LogP) is 4.88. The van der Waals surface area contributed by atoms with Crippen molar-refractivity contribution in [3.63, 3.8) is 0 Å². The Balaban J connectivity index is 1.70. The Morgan fingerprint density at radius 3 is 2.45 bits per heavy atom. The first-order valence-corrected chi connectivity index (χ1v) is 11.7. The van der Waals surface area contributed by atoms with Gasteiger partial charge in [0.1, 0.15) is 11.9 Å². The molecule has 158 valence electrons. The smallest absolute Gasteiger partial charge is 0.263 e. The molecule has 0 aliphatic heterocycles. The normalized spacial score (nSPS) is 12.5. The molecule has 4 aromatic rings. The van der Waals surface area contributed by atoms with Crippen LogP contribution in [0.2, 0.25) is 5.02 Å². The Morgan fingerprint density at radius 1 is 1.03 bits per heavy atom. The second-order valence-electron chi connectivity index (χ2n) is 6.50. The summed E-state index contributed by atoms with van der Waals surface area (Å²) < 4.78 is 42.2. The maximum Gasteiger partial charge on any atom is 0.263 e. The Hall–Kier alpha value is -2.85. The first kappa shape index (κ1) is 21.4. The number of pyridine rings is 1. The van der Waals surface area contributed by atoms with Gasteiger partial charge in [-0.25, -0.2) is 17.8 Å². The molecule has 31 heavy (non-hydrogen) atoms. The number of anilines is 1. The van der Waals surface area contributed by atoms with E-state index >= 15 is 0 Å². The average molecular weight is 476 g/mol. The van der Waals surface area contributed by atoms with Gasteiger partial charge < -0.3 is 5.11 Å². The largest absolute Gasteiger partial charge is 0.384 e. The summed E-state index contributed by atoms with van der Waals surface area (Å²) in [4.78, 5) is 7.56. The van der Waals surface area contributed by atoms with Gasteiger partial charge in [-0.2, -0.15) is 0 Å². The SMILES string of the molecule is O=S(=O)(Nc1nccs1)c1ccc(C(O)c2ccc(Cl)cc2-c2ccncc2)c(F)c1. The number of nitrogens with zero attached hydrogens (tertiary/aromatic N) is 2. The van der Waals surface area contributed by atoms with E-state index in [-0.39, 0.29) is 15.6 Å². The summed E-state index contributed by atoms with van der Waals surface area (Å²) in [5, 5.41) is 13.2. The molecule has 2 aromatic carbocycles. The molecule has 4 rings (SSSR count). The fraction of sp³-hybridized carbons (Fsp3) is 0.0476. The molecule has 0 saturated carbocycles. The molecule has 0 radical (unpaired) electrons. The van der Waals surface area contributed by atoms with Crippen molar-refractivity contribution in [1.29, 1.82) is 0 Å². The maximum absolute atomic E-state index is 14.9. The lowest BCUT2D eigenvalue weighted by Gasteiger charge is -2.18. The summed E-state index contributed by atoms with van der Waals surface area (Å²) in [6.07, 6.45) is 3.31. The van der Waals surface area contributed by atoms with Gasteiger partial charge in [-0.15, -0.1) is 11.3 Å². The van der Waals surface area contributed by atoms with Crippen molar-refractivity contribution < 1.29 is 17.9 Å². The summed E-state index contributed by atoms with van der Waals surface area (Å²) in [7, 11) is -4.02.